The van der Waals surface area contributed by atoms with Gasteiger partial charge in [-0.2, -0.15) is 23.5 Å². The molecule has 0 radical (unpaired) electrons. The molecule has 0 aliphatic carbocycles. The summed E-state index contributed by atoms with van der Waals surface area (Å²) in [4.78, 5) is 48.7. The van der Waals surface area contributed by atoms with Gasteiger partial charge in [0.1, 0.15) is 176 Å². The van der Waals surface area contributed by atoms with Gasteiger partial charge in [-0.3, -0.25) is 19.2 Å². The van der Waals surface area contributed by atoms with E-state index in [0.29, 0.717) is 0 Å². The van der Waals surface area contributed by atoms with Crippen LogP contribution in [0.5, 0.6) is 0 Å². The molecule has 21 aliphatic heterocycles. The molecule has 14 unspecified atom stereocenters. The molecule has 21 fully saturated rings. The Labute approximate surface area is 595 Å². The van der Waals surface area contributed by atoms with Gasteiger partial charge in [-0.05, 0) is 14.0 Å². The van der Waals surface area contributed by atoms with Gasteiger partial charge in [0.15, 0.2) is 44.0 Å². The number of ketones is 2. The van der Waals surface area contributed by atoms with Crippen LogP contribution in [0.2, 0.25) is 0 Å². The van der Waals surface area contributed by atoms with Crippen LogP contribution >= 0.6 is 23.5 Å². The molecule has 0 spiro atoms. The van der Waals surface area contributed by atoms with E-state index in [1.807, 2.05) is 0 Å². The predicted octanol–water partition coefficient (Wildman–Crippen LogP) is -13.0. The highest BCUT2D eigenvalue weighted by atomic mass is 32.2. The number of likely N-dealkylation sites (N-methyl/N-ethyl adjacent to an activating group) is 1. The van der Waals surface area contributed by atoms with Crippen molar-refractivity contribution in [1.29, 1.82) is 0 Å². The van der Waals surface area contributed by atoms with Crippen LogP contribution in [0.15, 0.2) is 0 Å². The van der Waals surface area contributed by atoms with Crippen molar-refractivity contribution < 1.29 is 202 Å². The lowest BCUT2D eigenvalue weighted by atomic mass is 9.95. The molecule has 14 bridgehead atoms. The van der Waals surface area contributed by atoms with Gasteiger partial charge in [-0.15, -0.1) is 0 Å². The summed E-state index contributed by atoms with van der Waals surface area (Å²) in [5, 5.41) is 239. The summed E-state index contributed by atoms with van der Waals surface area (Å²) in [6.45, 7) is -3.91. The van der Waals surface area contributed by atoms with Crippen molar-refractivity contribution in [3.8, 4) is 0 Å². The zero-order valence-electron chi connectivity index (χ0n) is 55.5. The summed E-state index contributed by atoms with van der Waals surface area (Å²) in [6, 6.07) is -1.18. The molecule has 44 heteroatoms. The maximum absolute atomic E-state index is 13.0. The van der Waals surface area contributed by atoms with Crippen LogP contribution in [0.4, 0.5) is 0 Å². The minimum absolute atomic E-state index is 0.0645. The van der Waals surface area contributed by atoms with Gasteiger partial charge in [-0.1, -0.05) is 0 Å². The molecule has 21 saturated heterocycles. The SMILES string of the molecule is CN[C@H](CSCC1O[C@H]2O[C@@H]3C(CO)O[C@H](O[C@@H]4C(CO)O[C@@H](O[C@@H]5C(CO)O[C@H](O[C@@H]6C(CSC[C@@H](CC(=O)CCOCCOCCC(C)=O)C(=O)O)O[C@H](O[C@@H]7C(CO)O[C@@H](O[C@@H]8C(CO)O[C@@H](O[C@H]1[C@H](O)C2O)C(O)[C@H]8O)C(O)[C@H]7O)C(O)[C@H]6O)C(O)[C@H]5O)C(O)[C@H]4O)C(O)[C@H]3O)C(=O)O. The van der Waals surface area contributed by atoms with Crippen molar-refractivity contribution in [3.63, 3.8) is 0 Å². The van der Waals surface area contributed by atoms with Crippen LogP contribution in [0.1, 0.15) is 26.2 Å². The van der Waals surface area contributed by atoms with Crippen molar-refractivity contribution in [2.75, 3.05) is 89.5 Å². The smallest absolute Gasteiger partial charge is 0.321 e. The Kier molecular flexibility index (Phi) is 33.4. The van der Waals surface area contributed by atoms with E-state index in [2.05, 4.69) is 5.32 Å². The number of ether oxygens (including phenoxy) is 16. The zero-order chi connectivity index (χ0) is 75.4. The van der Waals surface area contributed by atoms with Crippen LogP contribution in [0.25, 0.3) is 0 Å². The van der Waals surface area contributed by atoms with Crippen LogP contribution in [-0.2, 0) is 95.0 Å². The van der Waals surface area contributed by atoms with E-state index in [1.165, 1.54) is 14.0 Å². The third kappa shape index (κ3) is 21.0. The lowest BCUT2D eigenvalue weighted by Crippen LogP contribution is -2.68. The van der Waals surface area contributed by atoms with Gasteiger partial charge in [0.2, 0.25) is 0 Å². The first kappa shape index (κ1) is 86.1. The topological polar surface area (TPSA) is 653 Å². The lowest BCUT2D eigenvalue weighted by molar-refractivity contribution is -0.395. The van der Waals surface area contributed by atoms with E-state index in [4.69, 9.17) is 75.8 Å². The normalized spacial score (nSPS) is 44.9. The number of carbonyl (C=O) groups is 4. The molecule has 21 aliphatic rings. The van der Waals surface area contributed by atoms with Gasteiger partial charge in [0, 0.05) is 42.3 Å². The highest BCUT2D eigenvalue weighted by Crippen LogP contribution is 2.40. The average molecular weight is 1540 g/mol. The molecule has 37 atom stereocenters. The Bertz CT molecular complexity index is 2610. The number of carboxylic acid groups (broad SMARTS) is 2. The summed E-state index contributed by atoms with van der Waals surface area (Å²) in [5.41, 5.74) is 0. The van der Waals surface area contributed by atoms with Crippen molar-refractivity contribution in [2.24, 2.45) is 5.92 Å². The quantitative estimate of drug-likeness (QED) is 0.0340. The van der Waals surface area contributed by atoms with Crippen molar-refractivity contribution in [1.82, 2.24) is 5.32 Å². The Morgan fingerprint density at radius 2 is 0.602 bits per heavy atom. The van der Waals surface area contributed by atoms with E-state index in [1.54, 1.807) is 0 Å². The number of hydrogen-bond donors (Lipinski definition) is 22. The fraction of sp³-hybridized carbons (Fsp3) is 0.932. The Morgan fingerprint density at radius 1 is 0.350 bits per heavy atom. The first-order chi connectivity index (χ1) is 49.0. The molecule has 0 saturated carbocycles. The maximum atomic E-state index is 13.0. The molecule has 0 aromatic heterocycles. The Balaban J connectivity index is 1.08. The molecule has 0 aromatic rings. The fourth-order valence-corrected chi connectivity index (χ4v) is 15.0. The molecule has 0 aromatic carbocycles. The summed E-state index contributed by atoms with van der Waals surface area (Å²) in [6.07, 6.45) is -73.1. The number of carboxylic acids is 2. The second kappa shape index (κ2) is 40.0. The lowest BCUT2D eigenvalue weighted by Gasteiger charge is -2.50. The highest BCUT2D eigenvalue weighted by Gasteiger charge is 2.60. The molecule has 21 heterocycles. The van der Waals surface area contributed by atoms with Crippen LogP contribution in [0.3, 0.4) is 0 Å². The number of thioether (sulfide) groups is 2. The first-order valence-electron chi connectivity index (χ1n) is 33.2. The molecule has 103 heavy (non-hydrogen) atoms. The number of aliphatic hydroxyl groups is 19. The second-order valence-corrected chi connectivity index (χ2v) is 27.9. The molecular formula is C59H97NO41S2. The van der Waals surface area contributed by atoms with Gasteiger partial charge in [-0.25, -0.2) is 0 Å². The highest BCUT2D eigenvalue weighted by molar-refractivity contribution is 7.99. The van der Waals surface area contributed by atoms with Crippen LogP contribution < -0.4 is 5.32 Å². The number of rotatable bonds is 27. The molecule has 596 valence electrons. The minimum atomic E-state index is -2.31. The van der Waals surface area contributed by atoms with E-state index < -0.39 is 290 Å². The number of carbonyl (C=O) groups excluding carboxylic acids is 2. The van der Waals surface area contributed by atoms with E-state index in [0.717, 1.165) is 23.5 Å². The van der Waals surface area contributed by atoms with E-state index in [9.17, 15) is 126 Å². The Hall–Kier alpha value is -2.46. The standard InChI is InChI=1S/C59H97NO41S2/c1-19(66)3-5-86-7-8-87-6-4-21(67)9-20(51(82)83)15-102-17-28-49-35(73)42(80)58(93-28)98-47-26(13-64)89-55(38(76)31(47)69)97-46-25(12-63)92-57(41(79)34(46)72)101-50-29(18-103-16-22(60-2)52(84)85)94-59(43(81)36(50)74)99-48-27(14-65)90-54(39(77)32(48)70)95-44-23(10-61)88-53(37(75)30(44)68)96-45-24(11-62)91-56(100-49)40(78)33(45)71/h20,22-50,53-65,68-81H,3-18H2,1-2H3,(H,82,83)(H,84,85)/t20-,22-,23?,24?,25?,26?,27?,28?,29?,30-,31-,32-,33-,34-,35-,36-,37?,38?,39?,40?,41?,42?,43?,44-,45-,46-,47-,48-,49-,50-,53+,54-,55+,56-,57+,58-,59+/m1/s1. The molecule has 22 N–H and O–H groups in total. The number of aliphatic carboxylic acids is 2. The summed E-state index contributed by atoms with van der Waals surface area (Å²) in [7, 11) is 1.35. The molecule has 21 rings (SSSR count). The van der Waals surface area contributed by atoms with Crippen LogP contribution in [0, 0.1) is 5.92 Å². The van der Waals surface area contributed by atoms with Gasteiger partial charge in [0.25, 0.3) is 0 Å². The molecule has 0 amide bonds. The van der Waals surface area contributed by atoms with Crippen molar-refractivity contribution in [2.45, 2.75) is 247 Å². The Morgan fingerprint density at radius 3 is 0.845 bits per heavy atom. The van der Waals surface area contributed by atoms with Crippen LogP contribution in [-0.4, -0.2) is 441 Å². The largest absolute Gasteiger partial charge is 0.481 e. The maximum Gasteiger partial charge on any atom is 0.321 e. The molecule has 42 nitrogen and oxygen atoms in total. The minimum Gasteiger partial charge on any atom is -0.481 e. The summed E-state index contributed by atoms with van der Waals surface area (Å²) in [5.74, 6) is -6.08. The average Bonchev–Trinajstić information content (AvgIpc) is 0.785. The monoisotopic (exact) mass is 1540 g/mol. The third-order valence-electron chi connectivity index (χ3n) is 18.6. The zero-order valence-corrected chi connectivity index (χ0v) is 57.2. The third-order valence-corrected chi connectivity index (χ3v) is 20.9. The fourth-order valence-electron chi connectivity index (χ4n) is 12.6. The number of nitrogens with one attached hydrogen (secondary N) is 1. The van der Waals surface area contributed by atoms with Crippen molar-refractivity contribution >= 4 is 47.0 Å². The van der Waals surface area contributed by atoms with Gasteiger partial charge in [0.05, 0.1) is 77.6 Å². The van der Waals surface area contributed by atoms with E-state index >= 15 is 0 Å². The summed E-state index contributed by atoms with van der Waals surface area (Å²) >= 11 is 1.66. The number of Topliss-reactive ketones (excluding diaryl/α,β-unsaturated/α-hetero) is 2. The molecular weight excluding hydrogens is 1440 g/mol. The summed E-state index contributed by atoms with van der Waals surface area (Å²) < 4.78 is 93.3. The van der Waals surface area contributed by atoms with Gasteiger partial charge >= 0.3 is 11.9 Å². The van der Waals surface area contributed by atoms with Crippen molar-refractivity contribution in [3.05, 3.63) is 0 Å². The predicted molar refractivity (Wildman–Crippen MR) is 332 cm³/mol. The second-order valence-electron chi connectivity index (χ2n) is 25.7. The van der Waals surface area contributed by atoms with Gasteiger partial charge < -0.3 is 188 Å². The first-order valence-corrected chi connectivity index (χ1v) is 35.5. The van der Waals surface area contributed by atoms with E-state index in [-0.39, 0.29) is 62.3 Å². The number of hydrogen-bond acceptors (Lipinski definition) is 42. The number of aliphatic hydroxyl groups excluding tert-OH is 19.